The summed E-state index contributed by atoms with van der Waals surface area (Å²) in [5.41, 5.74) is 0. The van der Waals surface area contributed by atoms with Crippen LogP contribution < -0.4 is 10.1 Å². The van der Waals surface area contributed by atoms with Crippen LogP contribution in [-0.2, 0) is 9.59 Å². The normalized spacial score (nSPS) is 21.8. The van der Waals surface area contributed by atoms with Crippen molar-refractivity contribution >= 4 is 11.9 Å². The first-order chi connectivity index (χ1) is 9.97. The predicted octanol–water partition coefficient (Wildman–Crippen LogP) is 1.74. The molecule has 0 radical (unpaired) electrons. The molecule has 0 heterocycles. The number of rotatable bonds is 5. The van der Waals surface area contributed by atoms with Crippen LogP contribution in [0.4, 0.5) is 4.39 Å². The van der Waals surface area contributed by atoms with Crippen molar-refractivity contribution in [1.29, 1.82) is 0 Å². The number of carboxylic acid groups (broad SMARTS) is 1. The van der Waals surface area contributed by atoms with Gasteiger partial charge in [-0.3, -0.25) is 9.59 Å². The second-order valence-electron chi connectivity index (χ2n) is 4.87. The highest BCUT2D eigenvalue weighted by Crippen LogP contribution is 2.19. The molecule has 3 atom stereocenters. The fourth-order valence-corrected chi connectivity index (χ4v) is 2.07. The lowest BCUT2D eigenvalue weighted by Crippen LogP contribution is -2.41. The zero-order valence-electron chi connectivity index (χ0n) is 11.5. The molecular formula is C15H16FNO4. The Morgan fingerprint density at radius 1 is 1.38 bits per heavy atom. The minimum atomic E-state index is -0.918. The molecule has 1 aromatic carbocycles. The highest BCUT2D eigenvalue weighted by Gasteiger charge is 2.27. The third-order valence-electron chi connectivity index (χ3n) is 3.24. The van der Waals surface area contributed by atoms with Crippen molar-refractivity contribution in [2.24, 2.45) is 5.92 Å². The van der Waals surface area contributed by atoms with Gasteiger partial charge in [-0.25, -0.2) is 4.39 Å². The van der Waals surface area contributed by atoms with Gasteiger partial charge in [0.05, 0.1) is 5.92 Å². The maximum atomic E-state index is 13.4. The number of hydrogen-bond donors (Lipinski definition) is 2. The van der Waals surface area contributed by atoms with Crippen molar-refractivity contribution in [2.75, 3.05) is 0 Å². The van der Waals surface area contributed by atoms with Crippen LogP contribution in [0.25, 0.3) is 0 Å². The summed E-state index contributed by atoms with van der Waals surface area (Å²) in [5, 5.41) is 11.5. The van der Waals surface area contributed by atoms with E-state index >= 15 is 0 Å². The molecule has 1 amide bonds. The van der Waals surface area contributed by atoms with E-state index in [1.165, 1.54) is 25.1 Å². The Kier molecular flexibility index (Phi) is 4.57. The summed E-state index contributed by atoms with van der Waals surface area (Å²) in [7, 11) is 0. The smallest absolute Gasteiger partial charge is 0.310 e. The van der Waals surface area contributed by atoms with E-state index in [2.05, 4.69) is 5.32 Å². The van der Waals surface area contributed by atoms with Gasteiger partial charge in [-0.1, -0.05) is 24.3 Å². The minimum absolute atomic E-state index is 0.00512. The summed E-state index contributed by atoms with van der Waals surface area (Å²) in [6.07, 6.45) is 2.63. The van der Waals surface area contributed by atoms with E-state index < -0.39 is 29.7 Å². The molecule has 112 valence electrons. The Hall–Kier alpha value is -2.37. The number of para-hydroxylation sites is 1. The van der Waals surface area contributed by atoms with Crippen LogP contribution in [0.1, 0.15) is 13.3 Å². The van der Waals surface area contributed by atoms with Crippen molar-refractivity contribution in [3.05, 3.63) is 42.2 Å². The Morgan fingerprint density at radius 3 is 2.71 bits per heavy atom. The molecule has 0 aliphatic heterocycles. The lowest BCUT2D eigenvalue weighted by atomic mass is 10.1. The zero-order chi connectivity index (χ0) is 15.4. The van der Waals surface area contributed by atoms with Gasteiger partial charge >= 0.3 is 5.97 Å². The molecular weight excluding hydrogens is 277 g/mol. The lowest BCUT2D eigenvalue weighted by Gasteiger charge is -2.18. The van der Waals surface area contributed by atoms with Crippen LogP contribution >= 0.6 is 0 Å². The average molecular weight is 293 g/mol. The number of ether oxygens (including phenoxy) is 1. The monoisotopic (exact) mass is 293 g/mol. The van der Waals surface area contributed by atoms with Gasteiger partial charge in [-0.05, 0) is 25.5 Å². The molecule has 2 N–H and O–H groups in total. The van der Waals surface area contributed by atoms with E-state index in [0.29, 0.717) is 6.42 Å². The minimum Gasteiger partial charge on any atom is -0.481 e. The molecule has 1 aliphatic rings. The van der Waals surface area contributed by atoms with Crippen LogP contribution in [0, 0.1) is 11.7 Å². The van der Waals surface area contributed by atoms with Gasteiger partial charge in [0.1, 0.15) is 0 Å². The first-order valence-corrected chi connectivity index (χ1v) is 6.60. The molecule has 1 aromatic rings. The maximum absolute atomic E-state index is 13.4. The van der Waals surface area contributed by atoms with E-state index in [-0.39, 0.29) is 11.8 Å². The quantitative estimate of drug-likeness (QED) is 0.811. The SMILES string of the molecule is CC(Oc1ccccc1F)C(=O)NC1C=CC(C(=O)O)C1. The number of benzene rings is 1. The van der Waals surface area contributed by atoms with Crippen molar-refractivity contribution < 1.29 is 23.8 Å². The molecule has 5 nitrogen and oxygen atoms in total. The van der Waals surface area contributed by atoms with E-state index in [1.807, 2.05) is 0 Å². The largest absolute Gasteiger partial charge is 0.481 e. The number of amides is 1. The third kappa shape index (κ3) is 3.81. The third-order valence-corrected chi connectivity index (χ3v) is 3.24. The van der Waals surface area contributed by atoms with E-state index in [0.717, 1.165) is 0 Å². The van der Waals surface area contributed by atoms with Crippen LogP contribution in [0.15, 0.2) is 36.4 Å². The molecule has 3 unspecified atom stereocenters. The standard InChI is InChI=1S/C15H16FNO4/c1-9(21-13-5-3-2-4-12(13)16)14(18)17-11-7-6-10(8-11)15(19)20/h2-7,9-11H,8H2,1H3,(H,17,18)(H,19,20). The molecule has 0 bridgehead atoms. The van der Waals surface area contributed by atoms with E-state index in [1.54, 1.807) is 18.2 Å². The van der Waals surface area contributed by atoms with Crippen molar-refractivity contribution in [2.45, 2.75) is 25.5 Å². The molecule has 0 fully saturated rings. The highest BCUT2D eigenvalue weighted by molar-refractivity contribution is 5.81. The fraction of sp³-hybridized carbons (Fsp3) is 0.333. The summed E-state index contributed by atoms with van der Waals surface area (Å²) in [6.45, 7) is 1.51. The zero-order valence-corrected chi connectivity index (χ0v) is 11.5. The molecule has 0 saturated heterocycles. The molecule has 2 rings (SSSR count). The molecule has 6 heteroatoms. The van der Waals surface area contributed by atoms with E-state index in [4.69, 9.17) is 9.84 Å². The van der Waals surface area contributed by atoms with Crippen molar-refractivity contribution in [1.82, 2.24) is 5.32 Å². The Bertz CT molecular complexity index is 573. The summed E-state index contributed by atoms with van der Waals surface area (Å²) in [5.74, 6) is -2.45. The summed E-state index contributed by atoms with van der Waals surface area (Å²) >= 11 is 0. The van der Waals surface area contributed by atoms with Gasteiger partial charge in [-0.15, -0.1) is 0 Å². The highest BCUT2D eigenvalue weighted by atomic mass is 19.1. The molecule has 0 spiro atoms. The van der Waals surface area contributed by atoms with Crippen LogP contribution in [0.5, 0.6) is 5.75 Å². The molecule has 0 aromatic heterocycles. The van der Waals surface area contributed by atoms with Gasteiger partial charge in [-0.2, -0.15) is 0 Å². The number of nitrogens with one attached hydrogen (secondary N) is 1. The maximum Gasteiger partial charge on any atom is 0.310 e. The van der Waals surface area contributed by atoms with Crippen LogP contribution in [0.3, 0.4) is 0 Å². The van der Waals surface area contributed by atoms with Gasteiger partial charge in [0.2, 0.25) is 0 Å². The van der Waals surface area contributed by atoms with Crippen LogP contribution in [-0.4, -0.2) is 29.1 Å². The number of carbonyl (C=O) groups is 2. The number of carboxylic acids is 1. The number of halogens is 1. The van der Waals surface area contributed by atoms with Gasteiger partial charge < -0.3 is 15.2 Å². The van der Waals surface area contributed by atoms with E-state index in [9.17, 15) is 14.0 Å². The topological polar surface area (TPSA) is 75.6 Å². The Morgan fingerprint density at radius 2 is 2.10 bits per heavy atom. The first kappa shape index (κ1) is 15.0. The second-order valence-corrected chi connectivity index (χ2v) is 4.87. The molecule has 0 saturated carbocycles. The second kappa shape index (κ2) is 6.39. The first-order valence-electron chi connectivity index (χ1n) is 6.60. The van der Waals surface area contributed by atoms with Crippen molar-refractivity contribution in [3.63, 3.8) is 0 Å². The average Bonchev–Trinajstić information content (AvgIpc) is 2.90. The van der Waals surface area contributed by atoms with Gasteiger partial charge in [0, 0.05) is 6.04 Å². The summed E-state index contributed by atoms with van der Waals surface area (Å²) < 4.78 is 18.7. The molecule has 21 heavy (non-hydrogen) atoms. The van der Waals surface area contributed by atoms with Gasteiger partial charge in [0.25, 0.3) is 5.91 Å². The number of aliphatic carboxylic acids is 1. The lowest BCUT2D eigenvalue weighted by molar-refractivity contribution is -0.140. The predicted molar refractivity (Wildman–Crippen MR) is 73.3 cm³/mol. The summed E-state index contributed by atoms with van der Waals surface area (Å²) in [4.78, 5) is 22.8. The number of carbonyl (C=O) groups excluding carboxylic acids is 1. The van der Waals surface area contributed by atoms with Crippen LogP contribution in [0.2, 0.25) is 0 Å². The van der Waals surface area contributed by atoms with Crippen molar-refractivity contribution in [3.8, 4) is 5.75 Å². The fourth-order valence-electron chi connectivity index (χ4n) is 2.07. The number of hydrogen-bond acceptors (Lipinski definition) is 3. The Labute approximate surface area is 121 Å². The van der Waals surface area contributed by atoms with Gasteiger partial charge in [0.15, 0.2) is 17.7 Å². The summed E-state index contributed by atoms with van der Waals surface area (Å²) in [6, 6.07) is 5.49. The molecule has 1 aliphatic carbocycles. The Balaban J connectivity index is 1.88.